The highest BCUT2D eigenvalue weighted by Gasteiger charge is 2.38. The second-order valence-electron chi connectivity index (χ2n) is 7.34. The molecule has 4 aromatic rings. The molecule has 0 amide bonds. The van der Waals surface area contributed by atoms with Gasteiger partial charge < -0.3 is 14.2 Å². The predicted octanol–water partition coefficient (Wildman–Crippen LogP) is 6.08. The van der Waals surface area contributed by atoms with E-state index in [2.05, 4.69) is 82.4 Å². The van der Waals surface area contributed by atoms with Crippen molar-refractivity contribution in [1.29, 1.82) is 0 Å². The maximum Gasteiger partial charge on any atom is 0.227 e. The van der Waals surface area contributed by atoms with Crippen molar-refractivity contribution in [2.75, 3.05) is 9.80 Å². The highest BCUT2D eigenvalue weighted by atomic mass is 127. The Kier molecular flexibility index (Phi) is 4.01. The maximum absolute atomic E-state index is 6.32. The fourth-order valence-electron chi connectivity index (χ4n) is 4.26. The van der Waals surface area contributed by atoms with Gasteiger partial charge in [0.15, 0.2) is 11.4 Å². The zero-order valence-electron chi connectivity index (χ0n) is 16.3. The zero-order chi connectivity index (χ0) is 19.6. The summed E-state index contributed by atoms with van der Waals surface area (Å²) in [6.45, 7) is 8.55. The van der Waals surface area contributed by atoms with E-state index in [1.165, 1.54) is 0 Å². The Balaban J connectivity index is 1.82. The van der Waals surface area contributed by atoms with Gasteiger partial charge in [-0.1, -0.05) is 34.7 Å². The molecule has 142 valence electrons. The average Bonchev–Trinajstić information content (AvgIpc) is 3.16. The maximum atomic E-state index is 6.32. The van der Waals surface area contributed by atoms with Crippen LogP contribution in [0.5, 0.6) is 0 Å². The first-order valence-electron chi connectivity index (χ1n) is 9.43. The van der Waals surface area contributed by atoms with E-state index in [1.54, 1.807) is 0 Å². The number of pyridine rings is 2. The molecule has 5 nitrogen and oxygen atoms in total. The molecule has 0 saturated carbocycles. The second kappa shape index (κ2) is 6.34. The van der Waals surface area contributed by atoms with E-state index < -0.39 is 0 Å². The van der Waals surface area contributed by atoms with Crippen molar-refractivity contribution >= 4 is 61.9 Å². The lowest BCUT2D eigenvalue weighted by atomic mass is 10.1. The molecule has 1 aliphatic rings. The van der Waals surface area contributed by atoms with Crippen molar-refractivity contribution in [1.82, 2.24) is 9.97 Å². The number of halogens is 1. The Morgan fingerprint density at radius 1 is 1.11 bits per heavy atom. The molecule has 5 rings (SSSR count). The van der Waals surface area contributed by atoms with Crippen molar-refractivity contribution in [2.45, 2.75) is 37.9 Å². The molecule has 0 radical (unpaired) electrons. The number of nitrogens with zero attached hydrogens (tertiary/aromatic N) is 4. The molecule has 0 saturated heterocycles. The van der Waals surface area contributed by atoms with E-state index in [0.29, 0.717) is 9.76 Å². The van der Waals surface area contributed by atoms with Crippen LogP contribution in [0.2, 0.25) is 0 Å². The van der Waals surface area contributed by atoms with Crippen LogP contribution in [-0.2, 0) is 0 Å². The van der Waals surface area contributed by atoms with Gasteiger partial charge in [0, 0.05) is 22.7 Å². The van der Waals surface area contributed by atoms with Gasteiger partial charge >= 0.3 is 0 Å². The highest BCUT2D eigenvalue weighted by molar-refractivity contribution is 14.1. The quantitative estimate of drug-likeness (QED) is 0.196. The summed E-state index contributed by atoms with van der Waals surface area (Å²) in [4.78, 5) is 14.0. The predicted molar refractivity (Wildman–Crippen MR) is 123 cm³/mol. The molecular formula is C22H21IN4O. The van der Waals surface area contributed by atoms with Crippen LogP contribution >= 0.6 is 22.6 Å². The smallest absolute Gasteiger partial charge is 0.227 e. The fourth-order valence-corrected chi connectivity index (χ4v) is 5.02. The number of hydrogen-bond donors (Lipinski definition) is 0. The minimum atomic E-state index is 0.129. The van der Waals surface area contributed by atoms with Crippen molar-refractivity contribution in [2.24, 2.45) is 0 Å². The molecule has 1 aromatic carbocycles. The average molecular weight is 484 g/mol. The zero-order valence-corrected chi connectivity index (χ0v) is 18.4. The van der Waals surface area contributed by atoms with Gasteiger partial charge in [0.25, 0.3) is 0 Å². The molecule has 6 heteroatoms. The summed E-state index contributed by atoms with van der Waals surface area (Å²) in [7, 11) is 0. The summed E-state index contributed by atoms with van der Waals surface area (Å²) in [5.41, 5.74) is 5.90. The number of benzene rings is 1. The molecule has 0 fully saturated rings. The standard InChI is InChI=1S/C22H21IN4O/c1-12-7-9-16-17-10-8-13(2)25-22(17)28-20(16)19(12)27-15(4)26(14(3)23)18-6-5-11-24-21(18)27/h5-11,14-15H,1-4H3/t14?,15-/m0/s1. The molecule has 0 spiro atoms. The van der Waals surface area contributed by atoms with Crippen LogP contribution in [0.15, 0.2) is 47.0 Å². The Labute approximate surface area is 177 Å². The second-order valence-corrected chi connectivity index (χ2v) is 9.15. The van der Waals surface area contributed by atoms with E-state index in [4.69, 9.17) is 9.40 Å². The monoisotopic (exact) mass is 484 g/mol. The summed E-state index contributed by atoms with van der Waals surface area (Å²) in [5, 5.41) is 2.14. The Morgan fingerprint density at radius 2 is 1.89 bits per heavy atom. The van der Waals surface area contributed by atoms with Gasteiger partial charge in [-0.25, -0.2) is 9.97 Å². The van der Waals surface area contributed by atoms with Gasteiger partial charge in [0.2, 0.25) is 5.71 Å². The molecule has 0 aliphatic carbocycles. The summed E-state index contributed by atoms with van der Waals surface area (Å²) in [5.74, 6) is 0.971. The van der Waals surface area contributed by atoms with Crippen LogP contribution in [-0.4, -0.2) is 20.2 Å². The van der Waals surface area contributed by atoms with Crippen LogP contribution in [0.25, 0.3) is 22.1 Å². The number of aryl methyl sites for hydroxylation is 2. The largest absolute Gasteiger partial charge is 0.435 e. The third-order valence-corrected chi connectivity index (χ3v) is 6.09. The van der Waals surface area contributed by atoms with Crippen LogP contribution in [0, 0.1) is 13.8 Å². The summed E-state index contributed by atoms with van der Waals surface area (Å²) in [6.07, 6.45) is 1.99. The Bertz CT molecular complexity index is 1220. The normalized spacial score (nSPS) is 17.5. The van der Waals surface area contributed by atoms with Crippen LogP contribution in [0.3, 0.4) is 0 Å². The summed E-state index contributed by atoms with van der Waals surface area (Å²) >= 11 is 2.47. The number of fused-ring (bicyclic) bond motifs is 4. The first kappa shape index (κ1) is 17.7. The van der Waals surface area contributed by atoms with Gasteiger partial charge in [-0.15, -0.1) is 0 Å². The van der Waals surface area contributed by atoms with Gasteiger partial charge in [-0.2, -0.15) is 0 Å². The number of hydrogen-bond acceptors (Lipinski definition) is 5. The lowest BCUT2D eigenvalue weighted by Crippen LogP contribution is -2.41. The molecule has 0 bridgehead atoms. The summed E-state index contributed by atoms with van der Waals surface area (Å²) < 4.78 is 6.65. The first-order valence-corrected chi connectivity index (χ1v) is 10.7. The number of furan rings is 1. The molecule has 4 heterocycles. The SMILES string of the molecule is Cc1ccc2c(n1)oc1c(N3c4ncccc4N(C(C)I)[C@@H]3C)c(C)ccc12. The Morgan fingerprint density at radius 3 is 2.68 bits per heavy atom. The summed E-state index contributed by atoms with van der Waals surface area (Å²) in [6, 6.07) is 12.6. The van der Waals surface area contributed by atoms with E-state index >= 15 is 0 Å². The minimum Gasteiger partial charge on any atom is -0.435 e. The molecular weight excluding hydrogens is 463 g/mol. The van der Waals surface area contributed by atoms with Crippen molar-refractivity contribution in [3.05, 3.63) is 53.9 Å². The van der Waals surface area contributed by atoms with E-state index in [0.717, 1.165) is 44.8 Å². The molecule has 1 unspecified atom stereocenters. The number of rotatable bonds is 2. The third-order valence-electron chi connectivity index (χ3n) is 5.49. The highest BCUT2D eigenvalue weighted by Crippen LogP contribution is 2.48. The van der Waals surface area contributed by atoms with Crippen molar-refractivity contribution in [3.8, 4) is 0 Å². The van der Waals surface area contributed by atoms with E-state index in [-0.39, 0.29) is 6.17 Å². The fraction of sp³-hybridized carbons (Fsp3) is 0.273. The molecule has 28 heavy (non-hydrogen) atoms. The van der Waals surface area contributed by atoms with Gasteiger partial charge in [0.1, 0.15) is 6.17 Å². The lowest BCUT2D eigenvalue weighted by molar-refractivity contribution is 0.641. The lowest BCUT2D eigenvalue weighted by Gasteiger charge is -2.32. The van der Waals surface area contributed by atoms with Crippen LogP contribution in [0.4, 0.5) is 17.2 Å². The molecule has 1 aliphatic heterocycles. The van der Waals surface area contributed by atoms with Crippen molar-refractivity contribution < 1.29 is 4.42 Å². The topological polar surface area (TPSA) is 45.4 Å². The van der Waals surface area contributed by atoms with Crippen LogP contribution < -0.4 is 9.80 Å². The molecule has 0 N–H and O–H groups in total. The van der Waals surface area contributed by atoms with Crippen LogP contribution in [0.1, 0.15) is 25.1 Å². The molecule has 3 aromatic heterocycles. The van der Waals surface area contributed by atoms with Gasteiger partial charge in [-0.05, 0) is 57.5 Å². The van der Waals surface area contributed by atoms with E-state index in [1.807, 2.05) is 25.3 Å². The van der Waals surface area contributed by atoms with Crippen molar-refractivity contribution in [3.63, 3.8) is 0 Å². The number of anilines is 3. The minimum absolute atomic E-state index is 0.129. The first-order chi connectivity index (χ1) is 13.5. The number of aromatic nitrogens is 2. The number of alkyl halides is 1. The Hall–Kier alpha value is -2.35. The molecule has 2 atom stereocenters. The van der Waals surface area contributed by atoms with Gasteiger partial charge in [-0.3, -0.25) is 0 Å². The third kappa shape index (κ3) is 2.43. The van der Waals surface area contributed by atoms with E-state index in [9.17, 15) is 0 Å². The van der Waals surface area contributed by atoms with Gasteiger partial charge in [0.05, 0.1) is 15.4 Å².